The van der Waals surface area contributed by atoms with Crippen LogP contribution in [0.25, 0.3) is 0 Å². The topological polar surface area (TPSA) is 49.4 Å². The van der Waals surface area contributed by atoms with Crippen LogP contribution in [0, 0.1) is 11.6 Å². The fraction of sp³-hybridized carbons (Fsp3) is 0.222. The molecule has 0 atom stereocenters. The van der Waals surface area contributed by atoms with Gasteiger partial charge in [-0.05, 0) is 36.2 Å². The van der Waals surface area contributed by atoms with Crippen LogP contribution in [-0.2, 0) is 16.0 Å². The van der Waals surface area contributed by atoms with Crippen molar-refractivity contribution in [3.63, 3.8) is 0 Å². The first-order chi connectivity index (χ1) is 11.8. The smallest absolute Gasteiger partial charge is 0.244 e. The summed E-state index contributed by atoms with van der Waals surface area (Å²) in [5.74, 6) is -2.45. The number of amides is 2. The van der Waals surface area contributed by atoms with E-state index in [9.17, 15) is 18.4 Å². The number of nitrogens with one attached hydrogen (secondary N) is 1. The Morgan fingerprint density at radius 1 is 1.16 bits per heavy atom. The number of benzene rings is 2. The second kappa shape index (κ2) is 8.58. The minimum Gasteiger partial charge on any atom is -0.333 e. The van der Waals surface area contributed by atoms with E-state index in [0.29, 0.717) is 24.1 Å². The van der Waals surface area contributed by atoms with Crippen LogP contribution in [0.3, 0.4) is 0 Å². The number of carbonyl (C=O) groups excluding carboxylic acids is 2. The standard InChI is InChI=1S/C18H17ClF2N2O2/c1-12(24)23(8-7-13-3-2-4-14(19)9-13)11-18(25)22-17-6-5-15(20)10-16(17)21/h2-6,9-10H,7-8,11H2,1H3,(H,22,25). The van der Waals surface area contributed by atoms with Crippen LogP contribution < -0.4 is 5.32 Å². The molecule has 1 N–H and O–H groups in total. The molecular weight excluding hydrogens is 350 g/mol. The number of nitrogens with zero attached hydrogens (tertiary/aromatic N) is 1. The van der Waals surface area contributed by atoms with E-state index in [0.717, 1.165) is 17.7 Å². The highest BCUT2D eigenvalue weighted by Crippen LogP contribution is 2.15. The maximum atomic E-state index is 13.6. The van der Waals surface area contributed by atoms with Gasteiger partial charge in [0.25, 0.3) is 0 Å². The maximum Gasteiger partial charge on any atom is 0.244 e. The molecule has 7 heteroatoms. The Labute approximate surface area is 149 Å². The third-order valence-electron chi connectivity index (χ3n) is 3.54. The van der Waals surface area contributed by atoms with Gasteiger partial charge >= 0.3 is 0 Å². The summed E-state index contributed by atoms with van der Waals surface area (Å²) in [6, 6.07) is 10.1. The molecule has 0 spiro atoms. The molecule has 0 bridgehead atoms. The van der Waals surface area contributed by atoms with Gasteiger partial charge in [0.2, 0.25) is 11.8 Å². The summed E-state index contributed by atoms with van der Waals surface area (Å²) in [7, 11) is 0. The van der Waals surface area contributed by atoms with Gasteiger partial charge in [0.05, 0.1) is 12.2 Å². The highest BCUT2D eigenvalue weighted by molar-refractivity contribution is 6.30. The number of halogens is 3. The minimum atomic E-state index is -0.873. The highest BCUT2D eigenvalue weighted by Gasteiger charge is 2.15. The summed E-state index contributed by atoms with van der Waals surface area (Å²) in [6.07, 6.45) is 0.526. The summed E-state index contributed by atoms with van der Waals surface area (Å²) in [4.78, 5) is 25.1. The summed E-state index contributed by atoms with van der Waals surface area (Å²) in [5.41, 5.74) is 0.800. The van der Waals surface area contributed by atoms with Gasteiger partial charge in [0.1, 0.15) is 11.6 Å². The lowest BCUT2D eigenvalue weighted by Gasteiger charge is -2.20. The average Bonchev–Trinajstić information content (AvgIpc) is 2.54. The third kappa shape index (κ3) is 5.83. The lowest BCUT2D eigenvalue weighted by Crippen LogP contribution is -2.38. The SMILES string of the molecule is CC(=O)N(CCc1cccc(Cl)c1)CC(=O)Nc1ccc(F)cc1F. The van der Waals surface area contributed by atoms with Crippen LogP contribution in [-0.4, -0.2) is 29.8 Å². The first-order valence-electron chi connectivity index (χ1n) is 7.60. The molecule has 0 aromatic heterocycles. The molecule has 2 aromatic carbocycles. The quantitative estimate of drug-likeness (QED) is 0.848. The summed E-state index contributed by atoms with van der Waals surface area (Å²) < 4.78 is 26.4. The predicted octanol–water partition coefficient (Wildman–Crippen LogP) is 3.65. The van der Waals surface area contributed by atoms with Crippen molar-refractivity contribution in [1.82, 2.24) is 4.90 Å². The molecule has 2 rings (SSSR count). The molecule has 0 aliphatic rings. The molecule has 0 aliphatic carbocycles. The van der Waals surface area contributed by atoms with Crippen molar-refractivity contribution in [3.05, 3.63) is 64.7 Å². The zero-order valence-corrected chi connectivity index (χ0v) is 14.3. The minimum absolute atomic E-state index is 0.134. The van der Waals surface area contributed by atoms with Crippen molar-refractivity contribution >= 4 is 29.1 Å². The van der Waals surface area contributed by atoms with E-state index in [1.54, 1.807) is 18.2 Å². The molecule has 0 fully saturated rings. The molecule has 0 unspecified atom stereocenters. The van der Waals surface area contributed by atoms with Crippen LogP contribution in [0.15, 0.2) is 42.5 Å². The van der Waals surface area contributed by atoms with Crippen molar-refractivity contribution in [2.75, 3.05) is 18.4 Å². The predicted molar refractivity (Wildman–Crippen MR) is 92.4 cm³/mol. The lowest BCUT2D eigenvalue weighted by molar-refractivity contribution is -0.132. The molecular formula is C18H17ClF2N2O2. The number of rotatable bonds is 6. The average molecular weight is 367 g/mol. The Morgan fingerprint density at radius 2 is 1.92 bits per heavy atom. The fourth-order valence-electron chi connectivity index (χ4n) is 2.26. The zero-order chi connectivity index (χ0) is 18.4. The van der Waals surface area contributed by atoms with E-state index in [1.807, 2.05) is 6.07 Å². The summed E-state index contributed by atoms with van der Waals surface area (Å²) >= 11 is 5.92. The van der Waals surface area contributed by atoms with Gasteiger partial charge in [-0.2, -0.15) is 0 Å². The van der Waals surface area contributed by atoms with Crippen molar-refractivity contribution in [2.45, 2.75) is 13.3 Å². The van der Waals surface area contributed by atoms with Crippen molar-refractivity contribution in [2.24, 2.45) is 0 Å². The normalized spacial score (nSPS) is 10.4. The molecule has 0 aliphatic heterocycles. The van der Waals surface area contributed by atoms with Crippen LogP contribution in [0.4, 0.5) is 14.5 Å². The molecule has 0 radical (unpaired) electrons. The fourth-order valence-corrected chi connectivity index (χ4v) is 2.47. The monoisotopic (exact) mass is 366 g/mol. The van der Waals surface area contributed by atoms with E-state index in [2.05, 4.69) is 5.32 Å². The van der Waals surface area contributed by atoms with Crippen LogP contribution in [0.2, 0.25) is 5.02 Å². The largest absolute Gasteiger partial charge is 0.333 e. The summed E-state index contributed by atoms with van der Waals surface area (Å²) in [6.45, 7) is 1.44. The Balaban J connectivity index is 1.96. The molecule has 25 heavy (non-hydrogen) atoms. The van der Waals surface area contributed by atoms with Gasteiger partial charge in [-0.25, -0.2) is 8.78 Å². The zero-order valence-electron chi connectivity index (χ0n) is 13.6. The second-order valence-electron chi connectivity index (χ2n) is 5.49. The van der Waals surface area contributed by atoms with Crippen LogP contribution >= 0.6 is 11.6 Å². The van der Waals surface area contributed by atoms with Crippen LogP contribution in [0.5, 0.6) is 0 Å². The van der Waals surface area contributed by atoms with Gasteiger partial charge in [0.15, 0.2) is 0 Å². The molecule has 0 heterocycles. The van der Waals surface area contributed by atoms with Crippen molar-refractivity contribution in [1.29, 1.82) is 0 Å². The Hall–Kier alpha value is -2.47. The second-order valence-corrected chi connectivity index (χ2v) is 5.93. The van der Waals surface area contributed by atoms with E-state index in [1.165, 1.54) is 11.8 Å². The van der Waals surface area contributed by atoms with E-state index in [4.69, 9.17) is 11.6 Å². The first kappa shape index (κ1) is 18.9. The molecule has 4 nitrogen and oxygen atoms in total. The van der Waals surface area contributed by atoms with Crippen molar-refractivity contribution in [3.8, 4) is 0 Å². The van der Waals surface area contributed by atoms with Gasteiger partial charge < -0.3 is 10.2 Å². The molecule has 132 valence electrons. The van der Waals surface area contributed by atoms with Gasteiger partial charge in [-0.3, -0.25) is 9.59 Å². The summed E-state index contributed by atoms with van der Waals surface area (Å²) in [5, 5.41) is 2.93. The maximum absolute atomic E-state index is 13.6. The van der Waals surface area contributed by atoms with Crippen molar-refractivity contribution < 1.29 is 18.4 Å². The molecule has 0 saturated heterocycles. The van der Waals surface area contributed by atoms with Gasteiger partial charge in [-0.15, -0.1) is 0 Å². The number of carbonyl (C=O) groups is 2. The van der Waals surface area contributed by atoms with E-state index >= 15 is 0 Å². The highest BCUT2D eigenvalue weighted by atomic mass is 35.5. The van der Waals surface area contributed by atoms with E-state index in [-0.39, 0.29) is 18.1 Å². The van der Waals surface area contributed by atoms with E-state index < -0.39 is 17.5 Å². The first-order valence-corrected chi connectivity index (χ1v) is 7.98. The van der Waals surface area contributed by atoms with Crippen LogP contribution in [0.1, 0.15) is 12.5 Å². The Morgan fingerprint density at radius 3 is 2.56 bits per heavy atom. The molecule has 2 amide bonds. The number of hydrogen-bond donors (Lipinski definition) is 1. The third-order valence-corrected chi connectivity index (χ3v) is 3.78. The Bertz CT molecular complexity index is 783. The molecule has 0 saturated carbocycles. The lowest BCUT2D eigenvalue weighted by atomic mass is 10.1. The number of anilines is 1. The molecule has 2 aromatic rings. The van der Waals surface area contributed by atoms with Gasteiger partial charge in [0, 0.05) is 24.6 Å². The number of hydrogen-bond acceptors (Lipinski definition) is 2. The van der Waals surface area contributed by atoms with Gasteiger partial charge in [-0.1, -0.05) is 23.7 Å². The Kier molecular flexibility index (Phi) is 6.47.